The van der Waals surface area contributed by atoms with Gasteiger partial charge in [0.05, 0.1) is 0 Å². The molecule has 6 heteroatoms. The summed E-state index contributed by atoms with van der Waals surface area (Å²) >= 11 is 0. The molecule has 116 valence electrons. The van der Waals surface area contributed by atoms with Gasteiger partial charge < -0.3 is 15.2 Å². The maximum Gasteiger partial charge on any atom is 0.246 e. The number of pyridine rings is 1. The van der Waals surface area contributed by atoms with Gasteiger partial charge in [-0.05, 0) is 24.6 Å². The van der Waals surface area contributed by atoms with E-state index >= 15 is 0 Å². The summed E-state index contributed by atoms with van der Waals surface area (Å²) in [4.78, 5) is 18.1. The third kappa shape index (κ3) is 4.77. The highest BCUT2D eigenvalue weighted by Crippen LogP contribution is 2.19. The molecule has 1 aliphatic heterocycles. The van der Waals surface area contributed by atoms with E-state index in [0.29, 0.717) is 0 Å². The maximum atomic E-state index is 11.7. The van der Waals surface area contributed by atoms with Gasteiger partial charge in [0.2, 0.25) is 5.91 Å². The lowest BCUT2D eigenvalue weighted by Gasteiger charge is -2.38. The number of aromatic nitrogens is 1. The first-order chi connectivity index (χ1) is 10.2. The van der Waals surface area contributed by atoms with E-state index in [1.165, 1.54) is 7.11 Å². The molecule has 2 atom stereocenters. The number of rotatable bonds is 6. The SMILES string of the molecule is COCC(=O)N[C@@H]1CN(Cc2cccnc2)CC[C@@H]1CO. The van der Waals surface area contributed by atoms with Gasteiger partial charge in [-0.15, -0.1) is 0 Å². The Morgan fingerprint density at radius 2 is 2.48 bits per heavy atom. The zero-order valence-corrected chi connectivity index (χ0v) is 12.4. The lowest BCUT2D eigenvalue weighted by atomic mass is 9.92. The summed E-state index contributed by atoms with van der Waals surface area (Å²) in [5.74, 6) is -0.0277. The average molecular weight is 293 g/mol. The van der Waals surface area contributed by atoms with Crippen molar-refractivity contribution in [2.75, 3.05) is 33.4 Å². The zero-order valence-electron chi connectivity index (χ0n) is 12.4. The number of nitrogens with zero attached hydrogens (tertiary/aromatic N) is 2. The van der Waals surface area contributed by atoms with Gasteiger partial charge in [-0.3, -0.25) is 14.7 Å². The molecule has 0 unspecified atom stereocenters. The molecule has 2 rings (SSSR count). The Bertz CT molecular complexity index is 441. The number of carbonyl (C=O) groups excluding carboxylic acids is 1. The fourth-order valence-corrected chi connectivity index (χ4v) is 2.72. The van der Waals surface area contributed by atoms with Gasteiger partial charge >= 0.3 is 0 Å². The van der Waals surface area contributed by atoms with E-state index in [4.69, 9.17) is 4.74 Å². The van der Waals surface area contributed by atoms with Crippen molar-refractivity contribution in [3.05, 3.63) is 30.1 Å². The first kappa shape index (κ1) is 15.9. The average Bonchev–Trinajstić information content (AvgIpc) is 2.49. The van der Waals surface area contributed by atoms with Crippen LogP contribution in [0.5, 0.6) is 0 Å². The second-order valence-corrected chi connectivity index (χ2v) is 5.43. The number of amides is 1. The summed E-state index contributed by atoms with van der Waals surface area (Å²) in [6, 6.07) is 3.93. The van der Waals surface area contributed by atoms with E-state index < -0.39 is 0 Å². The van der Waals surface area contributed by atoms with Crippen LogP contribution in [-0.4, -0.2) is 60.4 Å². The van der Waals surface area contributed by atoms with Crippen LogP contribution in [0.1, 0.15) is 12.0 Å². The number of hydrogen-bond acceptors (Lipinski definition) is 5. The minimum Gasteiger partial charge on any atom is -0.396 e. The minimum atomic E-state index is -0.135. The van der Waals surface area contributed by atoms with Crippen LogP contribution in [0.4, 0.5) is 0 Å². The Balaban J connectivity index is 1.93. The second-order valence-electron chi connectivity index (χ2n) is 5.43. The lowest BCUT2D eigenvalue weighted by Crippen LogP contribution is -2.53. The largest absolute Gasteiger partial charge is 0.396 e. The monoisotopic (exact) mass is 293 g/mol. The maximum absolute atomic E-state index is 11.7. The molecule has 2 heterocycles. The number of carbonyl (C=O) groups is 1. The second kappa shape index (κ2) is 8.07. The number of hydrogen-bond donors (Lipinski definition) is 2. The van der Waals surface area contributed by atoms with Crippen molar-refractivity contribution in [1.29, 1.82) is 0 Å². The molecular formula is C15H23N3O3. The van der Waals surface area contributed by atoms with Crippen molar-refractivity contribution in [3.8, 4) is 0 Å². The van der Waals surface area contributed by atoms with Crippen LogP contribution in [0, 0.1) is 5.92 Å². The zero-order chi connectivity index (χ0) is 15.1. The molecule has 1 saturated heterocycles. The lowest BCUT2D eigenvalue weighted by molar-refractivity contribution is -0.126. The van der Waals surface area contributed by atoms with Gasteiger partial charge in [0.25, 0.3) is 0 Å². The van der Waals surface area contributed by atoms with Crippen molar-refractivity contribution in [3.63, 3.8) is 0 Å². The molecule has 1 amide bonds. The summed E-state index contributed by atoms with van der Waals surface area (Å²) in [5, 5.41) is 12.4. The summed E-state index contributed by atoms with van der Waals surface area (Å²) in [5.41, 5.74) is 1.15. The fraction of sp³-hybridized carbons (Fsp3) is 0.600. The van der Waals surface area contributed by atoms with Crippen LogP contribution in [0.25, 0.3) is 0 Å². The van der Waals surface area contributed by atoms with E-state index in [-0.39, 0.29) is 31.1 Å². The van der Waals surface area contributed by atoms with Crippen LogP contribution < -0.4 is 5.32 Å². The number of nitrogens with one attached hydrogen (secondary N) is 1. The van der Waals surface area contributed by atoms with Crippen molar-refractivity contribution in [2.45, 2.75) is 19.0 Å². The molecular weight excluding hydrogens is 270 g/mol. The number of aliphatic hydroxyl groups is 1. The van der Waals surface area contributed by atoms with E-state index in [0.717, 1.165) is 31.6 Å². The van der Waals surface area contributed by atoms with E-state index in [2.05, 4.69) is 15.2 Å². The van der Waals surface area contributed by atoms with Crippen molar-refractivity contribution in [1.82, 2.24) is 15.2 Å². The first-order valence-corrected chi connectivity index (χ1v) is 7.23. The molecule has 0 radical (unpaired) electrons. The van der Waals surface area contributed by atoms with Crippen LogP contribution in [0.2, 0.25) is 0 Å². The molecule has 6 nitrogen and oxygen atoms in total. The van der Waals surface area contributed by atoms with Gasteiger partial charge in [-0.2, -0.15) is 0 Å². The normalized spacial score (nSPS) is 23.0. The third-order valence-corrected chi connectivity index (χ3v) is 3.83. The Hall–Kier alpha value is -1.50. The molecule has 0 bridgehead atoms. The van der Waals surface area contributed by atoms with Crippen LogP contribution in [-0.2, 0) is 16.1 Å². The van der Waals surface area contributed by atoms with Gasteiger partial charge in [0.15, 0.2) is 0 Å². The highest BCUT2D eigenvalue weighted by molar-refractivity contribution is 5.77. The smallest absolute Gasteiger partial charge is 0.246 e. The fourth-order valence-electron chi connectivity index (χ4n) is 2.72. The highest BCUT2D eigenvalue weighted by atomic mass is 16.5. The van der Waals surface area contributed by atoms with Gasteiger partial charge in [-0.1, -0.05) is 6.07 Å². The Morgan fingerprint density at radius 3 is 3.14 bits per heavy atom. The van der Waals surface area contributed by atoms with E-state index in [9.17, 15) is 9.90 Å². The topological polar surface area (TPSA) is 74.7 Å². The predicted molar refractivity (Wildman–Crippen MR) is 78.5 cm³/mol. The number of ether oxygens (including phenoxy) is 1. The van der Waals surface area contributed by atoms with Gasteiger partial charge in [0.1, 0.15) is 6.61 Å². The molecule has 2 N–H and O–H groups in total. The summed E-state index contributed by atoms with van der Waals surface area (Å²) in [6.07, 6.45) is 4.49. The van der Waals surface area contributed by atoms with Crippen molar-refractivity contribution < 1.29 is 14.6 Å². The molecule has 1 fully saturated rings. The molecule has 0 spiro atoms. The Kier molecular flexibility index (Phi) is 6.10. The van der Waals surface area contributed by atoms with E-state index in [1.54, 1.807) is 6.20 Å². The highest BCUT2D eigenvalue weighted by Gasteiger charge is 2.29. The summed E-state index contributed by atoms with van der Waals surface area (Å²) < 4.78 is 4.84. The first-order valence-electron chi connectivity index (χ1n) is 7.23. The molecule has 0 saturated carbocycles. The third-order valence-electron chi connectivity index (χ3n) is 3.83. The molecule has 1 aromatic rings. The van der Waals surface area contributed by atoms with Gasteiger partial charge in [0, 0.05) is 51.2 Å². The molecule has 1 aromatic heterocycles. The van der Waals surface area contributed by atoms with Crippen LogP contribution in [0.3, 0.4) is 0 Å². The Labute approximate surface area is 125 Å². The van der Waals surface area contributed by atoms with Crippen molar-refractivity contribution >= 4 is 5.91 Å². The predicted octanol–water partition coefficient (Wildman–Crippen LogP) is 0.0270. The van der Waals surface area contributed by atoms with Crippen LogP contribution in [0.15, 0.2) is 24.5 Å². The molecule has 0 aromatic carbocycles. The minimum absolute atomic E-state index is 0.0388. The van der Waals surface area contributed by atoms with E-state index in [1.807, 2.05) is 18.3 Å². The molecule has 21 heavy (non-hydrogen) atoms. The number of likely N-dealkylation sites (tertiary alicyclic amines) is 1. The summed E-state index contributed by atoms with van der Waals surface area (Å²) in [7, 11) is 1.50. The standard InChI is InChI=1S/C15H23N3O3/c1-21-11-15(20)17-14-9-18(6-4-13(14)10-19)8-12-3-2-5-16-7-12/h2-3,5,7,13-14,19H,4,6,8-11H2,1H3,(H,17,20)/t13-,14-/m1/s1. The molecule has 0 aliphatic carbocycles. The van der Waals surface area contributed by atoms with Gasteiger partial charge in [-0.25, -0.2) is 0 Å². The number of methoxy groups -OCH3 is 1. The molecule has 1 aliphatic rings. The summed E-state index contributed by atoms with van der Waals surface area (Å²) in [6.45, 7) is 2.60. The van der Waals surface area contributed by atoms with Crippen LogP contribution >= 0.6 is 0 Å². The van der Waals surface area contributed by atoms with Crippen molar-refractivity contribution in [2.24, 2.45) is 5.92 Å². The Morgan fingerprint density at radius 1 is 1.62 bits per heavy atom. The number of piperidine rings is 1. The number of aliphatic hydroxyl groups excluding tert-OH is 1. The quantitative estimate of drug-likeness (QED) is 0.774.